The second kappa shape index (κ2) is 6.05. The molecule has 0 fully saturated rings. The molecule has 4 rings (SSSR count). The molecule has 0 spiro atoms. The lowest BCUT2D eigenvalue weighted by atomic mass is 10.2. The van der Waals surface area contributed by atoms with Crippen molar-refractivity contribution in [2.45, 2.75) is 12.4 Å². The van der Waals surface area contributed by atoms with E-state index in [9.17, 15) is 4.39 Å². The summed E-state index contributed by atoms with van der Waals surface area (Å²) in [6, 6.07) is 14.3. The van der Waals surface area contributed by atoms with Gasteiger partial charge in [0.05, 0.1) is 12.1 Å². The van der Waals surface area contributed by atoms with Gasteiger partial charge < -0.3 is 4.42 Å². The van der Waals surface area contributed by atoms with Crippen molar-refractivity contribution in [3.8, 4) is 11.6 Å². The van der Waals surface area contributed by atoms with E-state index in [0.717, 1.165) is 10.9 Å². The highest BCUT2D eigenvalue weighted by atomic mass is 35.5. The van der Waals surface area contributed by atoms with Gasteiger partial charge in [0.25, 0.3) is 5.89 Å². The fourth-order valence-corrected chi connectivity index (χ4v) is 2.71. The molecule has 0 amide bonds. The van der Waals surface area contributed by atoms with E-state index >= 15 is 0 Å². The number of hydrogen-bond donors (Lipinski definition) is 0. The zero-order valence-electron chi connectivity index (χ0n) is 12.5. The minimum Gasteiger partial charge on any atom is -0.418 e. The summed E-state index contributed by atoms with van der Waals surface area (Å²) in [6.07, 6.45) is 0. The Labute approximate surface area is 141 Å². The van der Waals surface area contributed by atoms with Gasteiger partial charge in [-0.25, -0.2) is 4.39 Å². The zero-order valence-corrected chi connectivity index (χ0v) is 13.2. The van der Waals surface area contributed by atoms with Crippen molar-refractivity contribution < 1.29 is 8.81 Å². The summed E-state index contributed by atoms with van der Waals surface area (Å²) in [5, 5.41) is 13.3. The number of nitrogens with zero attached hydrogens (tertiary/aromatic N) is 4. The van der Waals surface area contributed by atoms with Crippen LogP contribution in [0.25, 0.3) is 22.5 Å². The Bertz CT molecular complexity index is 1010. The first-order chi connectivity index (χ1) is 11.8. The first-order valence-corrected chi connectivity index (χ1v) is 7.87. The molecule has 5 nitrogen and oxygen atoms in total. The monoisotopic (exact) mass is 342 g/mol. The predicted octanol–water partition coefficient (Wildman–Crippen LogP) is 4.01. The molecule has 0 saturated heterocycles. The van der Waals surface area contributed by atoms with E-state index in [0.29, 0.717) is 29.6 Å². The minimum atomic E-state index is -0.263. The lowest BCUT2D eigenvalue weighted by Gasteiger charge is -2.04. The van der Waals surface area contributed by atoms with Crippen molar-refractivity contribution in [2.24, 2.45) is 0 Å². The number of fused-ring (bicyclic) bond motifs is 1. The van der Waals surface area contributed by atoms with Crippen molar-refractivity contribution in [3.05, 3.63) is 65.8 Å². The van der Waals surface area contributed by atoms with Crippen LogP contribution in [-0.2, 0) is 12.4 Å². The van der Waals surface area contributed by atoms with Crippen molar-refractivity contribution in [1.82, 2.24) is 20.0 Å². The number of hydrogen-bond acceptors (Lipinski definition) is 4. The summed E-state index contributed by atoms with van der Waals surface area (Å²) in [7, 11) is 0. The summed E-state index contributed by atoms with van der Waals surface area (Å²) in [5.41, 5.74) is 1.98. The first kappa shape index (κ1) is 14.8. The van der Waals surface area contributed by atoms with Crippen LogP contribution in [0.1, 0.15) is 11.5 Å². The van der Waals surface area contributed by atoms with Gasteiger partial charge in [-0.3, -0.25) is 4.68 Å². The first-order valence-electron chi connectivity index (χ1n) is 7.34. The third-order valence-electron chi connectivity index (χ3n) is 3.72. The third-order valence-corrected chi connectivity index (χ3v) is 3.95. The molecular weight excluding hydrogens is 331 g/mol. The Morgan fingerprint density at radius 1 is 1.04 bits per heavy atom. The van der Waals surface area contributed by atoms with Crippen molar-refractivity contribution in [1.29, 1.82) is 0 Å². The van der Waals surface area contributed by atoms with Crippen molar-refractivity contribution >= 4 is 22.5 Å². The molecule has 0 atom stereocenters. The van der Waals surface area contributed by atoms with Crippen LogP contribution in [0.4, 0.5) is 4.39 Å². The molecule has 0 saturated carbocycles. The molecule has 4 aromatic rings. The van der Waals surface area contributed by atoms with Gasteiger partial charge in [-0.1, -0.05) is 36.4 Å². The molecular formula is C17H12ClFN4O. The van der Waals surface area contributed by atoms with E-state index in [4.69, 9.17) is 16.0 Å². The van der Waals surface area contributed by atoms with Crippen LogP contribution in [0.3, 0.4) is 0 Å². The van der Waals surface area contributed by atoms with E-state index in [1.807, 2.05) is 24.3 Å². The van der Waals surface area contributed by atoms with Crippen LogP contribution >= 0.6 is 11.6 Å². The van der Waals surface area contributed by atoms with E-state index in [1.54, 1.807) is 22.9 Å². The van der Waals surface area contributed by atoms with Crippen molar-refractivity contribution in [2.75, 3.05) is 0 Å². The van der Waals surface area contributed by atoms with Gasteiger partial charge in [-0.2, -0.15) is 5.10 Å². The van der Waals surface area contributed by atoms with Crippen molar-refractivity contribution in [3.63, 3.8) is 0 Å². The summed E-state index contributed by atoms with van der Waals surface area (Å²) in [6.45, 7) is 0.309. The highest BCUT2D eigenvalue weighted by molar-refractivity contribution is 6.16. The number of alkyl halides is 1. The minimum absolute atomic E-state index is 0.140. The molecule has 0 unspecified atom stereocenters. The maximum absolute atomic E-state index is 14.0. The molecule has 0 aliphatic carbocycles. The Morgan fingerprint density at radius 3 is 2.62 bits per heavy atom. The molecule has 120 valence electrons. The molecule has 0 aliphatic heterocycles. The second-order valence-electron chi connectivity index (χ2n) is 5.25. The largest absolute Gasteiger partial charge is 0.418 e. The van der Waals surface area contributed by atoms with Crippen LogP contribution in [0, 0.1) is 5.82 Å². The molecule has 0 radical (unpaired) electrons. The molecule has 0 N–H and O–H groups in total. The van der Waals surface area contributed by atoms with E-state index in [-0.39, 0.29) is 11.7 Å². The van der Waals surface area contributed by atoms with E-state index < -0.39 is 0 Å². The van der Waals surface area contributed by atoms with Crippen LogP contribution in [0.2, 0.25) is 0 Å². The topological polar surface area (TPSA) is 56.7 Å². The maximum Gasteiger partial charge on any atom is 0.268 e. The van der Waals surface area contributed by atoms with Crippen LogP contribution in [0.15, 0.2) is 52.9 Å². The number of para-hydroxylation sites is 1. The smallest absolute Gasteiger partial charge is 0.268 e. The molecule has 0 aliphatic rings. The highest BCUT2D eigenvalue weighted by Crippen LogP contribution is 2.28. The standard InChI is InChI=1S/C17H12ClFN4O/c18-9-15-20-21-17(24-15)16-12-6-2-4-8-14(12)23(22-16)10-11-5-1-3-7-13(11)19/h1-8H,9-10H2. The van der Waals surface area contributed by atoms with Crippen LogP contribution < -0.4 is 0 Å². The molecule has 24 heavy (non-hydrogen) atoms. The molecule has 0 bridgehead atoms. The summed E-state index contributed by atoms with van der Waals surface area (Å²) in [5.74, 6) is 0.510. The zero-order chi connectivity index (χ0) is 16.5. The Kier molecular flexibility index (Phi) is 3.74. The number of aromatic nitrogens is 4. The Hall–Kier alpha value is -2.73. The average molecular weight is 343 g/mol. The SMILES string of the molecule is Fc1ccccc1Cn1nc(-c2nnc(CCl)o2)c2ccccc21. The molecule has 7 heteroatoms. The molecule has 2 heterocycles. The Balaban J connectivity index is 1.83. The average Bonchev–Trinajstić information content (AvgIpc) is 3.22. The summed E-state index contributed by atoms with van der Waals surface area (Å²) < 4.78 is 21.2. The quantitative estimate of drug-likeness (QED) is 0.526. The third kappa shape index (κ3) is 2.55. The van der Waals surface area contributed by atoms with Gasteiger partial charge in [0.15, 0.2) is 5.69 Å². The fraction of sp³-hybridized carbons (Fsp3) is 0.118. The number of rotatable bonds is 4. The predicted molar refractivity (Wildman–Crippen MR) is 88.1 cm³/mol. The van der Waals surface area contributed by atoms with Gasteiger partial charge in [0.1, 0.15) is 11.7 Å². The highest BCUT2D eigenvalue weighted by Gasteiger charge is 2.18. The fourth-order valence-electron chi connectivity index (χ4n) is 2.60. The second-order valence-corrected chi connectivity index (χ2v) is 5.52. The van der Waals surface area contributed by atoms with Gasteiger partial charge in [-0.15, -0.1) is 21.8 Å². The molecule has 2 aromatic carbocycles. The lowest BCUT2D eigenvalue weighted by Crippen LogP contribution is -2.03. The summed E-state index contributed by atoms with van der Waals surface area (Å²) >= 11 is 5.71. The normalized spacial score (nSPS) is 11.2. The Morgan fingerprint density at radius 2 is 1.83 bits per heavy atom. The van der Waals surface area contributed by atoms with E-state index in [1.165, 1.54) is 6.07 Å². The van der Waals surface area contributed by atoms with Gasteiger partial charge in [-0.05, 0) is 12.1 Å². The molecule has 2 aromatic heterocycles. The lowest BCUT2D eigenvalue weighted by molar-refractivity contribution is 0.524. The van der Waals surface area contributed by atoms with E-state index in [2.05, 4.69) is 15.3 Å². The van der Waals surface area contributed by atoms with Gasteiger partial charge in [0, 0.05) is 10.9 Å². The van der Waals surface area contributed by atoms with Gasteiger partial charge in [0.2, 0.25) is 5.89 Å². The summed E-state index contributed by atoms with van der Waals surface area (Å²) in [4.78, 5) is 0. The van der Waals surface area contributed by atoms with Crippen LogP contribution in [0.5, 0.6) is 0 Å². The van der Waals surface area contributed by atoms with Crippen LogP contribution in [-0.4, -0.2) is 20.0 Å². The maximum atomic E-state index is 14.0. The number of benzene rings is 2. The van der Waals surface area contributed by atoms with Gasteiger partial charge >= 0.3 is 0 Å². The number of halogens is 2.